The van der Waals surface area contributed by atoms with E-state index in [9.17, 15) is 0 Å². The highest BCUT2D eigenvalue weighted by molar-refractivity contribution is 5.15. The Balaban J connectivity index is 1.46. The molecular weight excluding hydrogens is 388 g/mol. The van der Waals surface area contributed by atoms with E-state index in [1.807, 2.05) is 54.6 Å². The summed E-state index contributed by atoms with van der Waals surface area (Å²) in [6.45, 7) is 2.42. The SMILES string of the molecule is c1ccc(COCC2(OCc3ccccc3)OCCCC2OCc2ccccc2)cc1. The molecule has 1 heterocycles. The lowest BCUT2D eigenvalue weighted by molar-refractivity contribution is -0.333. The van der Waals surface area contributed by atoms with Crippen molar-refractivity contribution in [2.24, 2.45) is 0 Å². The average Bonchev–Trinajstić information content (AvgIpc) is 2.84. The van der Waals surface area contributed by atoms with Crippen molar-refractivity contribution >= 4 is 0 Å². The minimum Gasteiger partial charge on any atom is -0.371 e. The van der Waals surface area contributed by atoms with Crippen LogP contribution in [0.25, 0.3) is 0 Å². The highest BCUT2D eigenvalue weighted by atomic mass is 16.7. The van der Waals surface area contributed by atoms with Gasteiger partial charge in [0.2, 0.25) is 5.79 Å². The van der Waals surface area contributed by atoms with Gasteiger partial charge >= 0.3 is 0 Å². The summed E-state index contributed by atoms with van der Waals surface area (Å²) >= 11 is 0. The second kappa shape index (κ2) is 11.2. The van der Waals surface area contributed by atoms with Crippen molar-refractivity contribution in [1.29, 1.82) is 0 Å². The van der Waals surface area contributed by atoms with Gasteiger partial charge in [0.15, 0.2) is 0 Å². The van der Waals surface area contributed by atoms with E-state index in [0.29, 0.717) is 33.0 Å². The summed E-state index contributed by atoms with van der Waals surface area (Å²) in [5.74, 6) is -0.933. The van der Waals surface area contributed by atoms with E-state index < -0.39 is 5.79 Å². The predicted molar refractivity (Wildman–Crippen MR) is 120 cm³/mol. The molecule has 1 aliphatic rings. The molecule has 31 heavy (non-hydrogen) atoms. The smallest absolute Gasteiger partial charge is 0.219 e. The first-order valence-corrected chi connectivity index (χ1v) is 10.9. The van der Waals surface area contributed by atoms with Gasteiger partial charge in [-0.25, -0.2) is 0 Å². The molecule has 1 saturated heterocycles. The Bertz CT molecular complexity index is 885. The Kier molecular flexibility index (Phi) is 7.86. The summed E-state index contributed by atoms with van der Waals surface area (Å²) in [7, 11) is 0. The van der Waals surface area contributed by atoms with Crippen LogP contribution >= 0.6 is 0 Å². The lowest BCUT2D eigenvalue weighted by atomic mass is 10.0. The monoisotopic (exact) mass is 418 g/mol. The Morgan fingerprint density at radius 2 is 1.26 bits per heavy atom. The normalized spacial score (nSPS) is 21.1. The predicted octanol–water partition coefficient (Wildman–Crippen LogP) is 5.51. The van der Waals surface area contributed by atoms with Gasteiger partial charge in [0, 0.05) is 0 Å². The van der Waals surface area contributed by atoms with Crippen LogP contribution in [0.15, 0.2) is 91.0 Å². The van der Waals surface area contributed by atoms with Crippen LogP contribution in [0.1, 0.15) is 29.5 Å². The molecule has 0 radical (unpaired) electrons. The summed E-state index contributed by atoms with van der Waals surface area (Å²) in [5, 5.41) is 0. The molecule has 1 fully saturated rings. The third-order valence-electron chi connectivity index (χ3n) is 5.48. The molecule has 3 aromatic carbocycles. The van der Waals surface area contributed by atoms with Gasteiger partial charge in [0.25, 0.3) is 0 Å². The molecule has 4 heteroatoms. The van der Waals surface area contributed by atoms with Crippen LogP contribution < -0.4 is 0 Å². The van der Waals surface area contributed by atoms with Crippen LogP contribution in [0, 0.1) is 0 Å². The molecule has 0 N–H and O–H groups in total. The summed E-state index contributed by atoms with van der Waals surface area (Å²) < 4.78 is 25.1. The Labute approximate surface area is 184 Å². The molecule has 3 aromatic rings. The maximum Gasteiger partial charge on any atom is 0.219 e. The van der Waals surface area contributed by atoms with Crippen molar-refractivity contribution in [1.82, 2.24) is 0 Å². The summed E-state index contributed by atoms with van der Waals surface area (Å²) in [6.07, 6.45) is 1.60. The van der Waals surface area contributed by atoms with E-state index in [4.69, 9.17) is 18.9 Å². The van der Waals surface area contributed by atoms with Gasteiger partial charge in [-0.05, 0) is 29.5 Å². The van der Waals surface area contributed by atoms with Crippen LogP contribution in [-0.4, -0.2) is 25.1 Å². The topological polar surface area (TPSA) is 36.9 Å². The van der Waals surface area contributed by atoms with E-state index >= 15 is 0 Å². The number of benzene rings is 3. The Hall–Kier alpha value is -2.50. The highest BCUT2D eigenvalue weighted by Gasteiger charge is 2.45. The molecule has 162 valence electrons. The van der Waals surface area contributed by atoms with Gasteiger partial charge in [0.05, 0.1) is 26.4 Å². The summed E-state index contributed by atoms with van der Waals surface area (Å²) in [5.41, 5.74) is 3.36. The molecule has 2 atom stereocenters. The van der Waals surface area contributed by atoms with Crippen molar-refractivity contribution in [3.63, 3.8) is 0 Å². The van der Waals surface area contributed by atoms with Crippen LogP contribution in [0.3, 0.4) is 0 Å². The van der Waals surface area contributed by atoms with E-state index in [1.54, 1.807) is 0 Å². The van der Waals surface area contributed by atoms with Crippen molar-refractivity contribution in [3.8, 4) is 0 Å². The second-order valence-corrected chi connectivity index (χ2v) is 7.84. The van der Waals surface area contributed by atoms with Crippen LogP contribution in [0.5, 0.6) is 0 Å². The van der Waals surface area contributed by atoms with E-state index in [1.165, 1.54) is 0 Å². The van der Waals surface area contributed by atoms with Gasteiger partial charge in [-0.15, -0.1) is 0 Å². The highest BCUT2D eigenvalue weighted by Crippen LogP contribution is 2.32. The maximum absolute atomic E-state index is 6.42. The fourth-order valence-electron chi connectivity index (χ4n) is 3.78. The largest absolute Gasteiger partial charge is 0.371 e. The third kappa shape index (κ3) is 6.25. The van der Waals surface area contributed by atoms with Gasteiger partial charge in [-0.2, -0.15) is 0 Å². The maximum atomic E-state index is 6.42. The Morgan fingerprint density at radius 1 is 0.710 bits per heavy atom. The zero-order chi connectivity index (χ0) is 21.2. The van der Waals surface area contributed by atoms with Gasteiger partial charge in [-0.1, -0.05) is 91.0 Å². The quantitative estimate of drug-likeness (QED) is 0.435. The van der Waals surface area contributed by atoms with Crippen LogP contribution in [0.4, 0.5) is 0 Å². The second-order valence-electron chi connectivity index (χ2n) is 7.84. The first-order chi connectivity index (χ1) is 15.3. The molecular formula is C27H30O4. The van der Waals surface area contributed by atoms with E-state index in [-0.39, 0.29) is 6.10 Å². The minimum atomic E-state index is -0.933. The molecule has 0 amide bonds. The fraction of sp³-hybridized carbons (Fsp3) is 0.333. The first kappa shape index (κ1) is 21.7. The van der Waals surface area contributed by atoms with Crippen molar-refractivity contribution < 1.29 is 18.9 Å². The third-order valence-corrected chi connectivity index (χ3v) is 5.48. The zero-order valence-corrected chi connectivity index (χ0v) is 17.8. The van der Waals surface area contributed by atoms with Gasteiger partial charge < -0.3 is 18.9 Å². The number of hydrogen-bond acceptors (Lipinski definition) is 4. The molecule has 0 spiro atoms. The zero-order valence-electron chi connectivity index (χ0n) is 17.8. The van der Waals surface area contributed by atoms with Crippen LogP contribution in [0.2, 0.25) is 0 Å². The van der Waals surface area contributed by atoms with Crippen molar-refractivity contribution in [3.05, 3.63) is 108 Å². The minimum absolute atomic E-state index is 0.207. The molecule has 0 aromatic heterocycles. The molecule has 0 aliphatic carbocycles. The van der Waals surface area contributed by atoms with Crippen molar-refractivity contribution in [2.75, 3.05) is 13.2 Å². The van der Waals surface area contributed by atoms with Crippen molar-refractivity contribution in [2.45, 2.75) is 44.6 Å². The number of hydrogen-bond donors (Lipinski definition) is 0. The summed E-state index contributed by atoms with van der Waals surface area (Å²) in [6, 6.07) is 30.5. The molecule has 0 bridgehead atoms. The van der Waals surface area contributed by atoms with Gasteiger partial charge in [-0.3, -0.25) is 0 Å². The molecule has 2 unspecified atom stereocenters. The average molecular weight is 419 g/mol. The molecule has 4 rings (SSSR count). The first-order valence-electron chi connectivity index (χ1n) is 10.9. The fourth-order valence-corrected chi connectivity index (χ4v) is 3.78. The standard InChI is InChI=1S/C27H30O4/c1-4-11-23(12-5-1)19-28-22-27(31-21-25-15-8-3-9-16-25)26(17-10-18-30-27)29-20-24-13-6-2-7-14-24/h1-9,11-16,26H,10,17-22H2. The number of ether oxygens (including phenoxy) is 4. The molecule has 0 saturated carbocycles. The molecule has 4 nitrogen and oxygen atoms in total. The Morgan fingerprint density at radius 3 is 1.87 bits per heavy atom. The van der Waals surface area contributed by atoms with Gasteiger partial charge in [0.1, 0.15) is 12.7 Å². The summed E-state index contributed by atoms with van der Waals surface area (Å²) in [4.78, 5) is 0. The van der Waals surface area contributed by atoms with Crippen LogP contribution in [-0.2, 0) is 38.8 Å². The number of rotatable bonds is 10. The van der Waals surface area contributed by atoms with E-state index in [2.05, 4.69) is 36.4 Å². The lowest BCUT2D eigenvalue weighted by Crippen LogP contribution is -2.55. The molecule has 1 aliphatic heterocycles. The van der Waals surface area contributed by atoms with E-state index in [0.717, 1.165) is 29.5 Å². The lowest BCUT2D eigenvalue weighted by Gasteiger charge is -2.42.